The highest BCUT2D eigenvalue weighted by Crippen LogP contribution is 2.34. The van der Waals surface area contributed by atoms with Gasteiger partial charge in [-0.2, -0.15) is 0 Å². The van der Waals surface area contributed by atoms with Crippen molar-refractivity contribution in [2.75, 3.05) is 19.7 Å². The number of halogens is 1. The summed E-state index contributed by atoms with van der Waals surface area (Å²) >= 11 is 0. The van der Waals surface area contributed by atoms with Crippen LogP contribution in [0.4, 0.5) is 0 Å². The van der Waals surface area contributed by atoms with E-state index in [0.29, 0.717) is 18.3 Å². The lowest BCUT2D eigenvalue weighted by Crippen LogP contribution is -2.54. The maximum atomic E-state index is 13.0. The van der Waals surface area contributed by atoms with Crippen molar-refractivity contribution >= 4 is 36.0 Å². The predicted octanol–water partition coefficient (Wildman–Crippen LogP) is 0.888. The second-order valence-corrected chi connectivity index (χ2v) is 7.15. The minimum Gasteiger partial charge on any atom is -0.492 e. The maximum absolute atomic E-state index is 13.0. The maximum Gasteiger partial charge on any atom is 0.266 e. The third kappa shape index (κ3) is 3.62. The quantitative estimate of drug-likeness (QED) is 0.718. The number of hydrogen-bond donors (Lipinski definition) is 2. The molecule has 0 saturated carbocycles. The molecule has 0 aromatic heterocycles. The van der Waals surface area contributed by atoms with Gasteiger partial charge in [0.1, 0.15) is 11.8 Å². The number of piperidine rings is 2. The van der Waals surface area contributed by atoms with Gasteiger partial charge in [-0.25, -0.2) is 0 Å². The molecule has 3 aliphatic heterocycles. The SMILES string of the molecule is Cl.O=C1CCC(N2C(=O)c3cccc(OC[C@H]4CCCNC4)c3C2=O)C(=O)N1. The van der Waals surface area contributed by atoms with Crippen molar-refractivity contribution in [2.24, 2.45) is 5.92 Å². The molecule has 1 aromatic carbocycles. The van der Waals surface area contributed by atoms with E-state index >= 15 is 0 Å². The lowest BCUT2D eigenvalue weighted by Gasteiger charge is -2.27. The van der Waals surface area contributed by atoms with Gasteiger partial charge in [-0.3, -0.25) is 29.4 Å². The molecule has 8 nitrogen and oxygen atoms in total. The zero-order chi connectivity index (χ0) is 19.0. The van der Waals surface area contributed by atoms with Gasteiger partial charge in [0, 0.05) is 18.9 Å². The van der Waals surface area contributed by atoms with Crippen LogP contribution in [0.1, 0.15) is 46.4 Å². The van der Waals surface area contributed by atoms with Crippen LogP contribution in [0.2, 0.25) is 0 Å². The molecule has 0 spiro atoms. The minimum absolute atomic E-state index is 0. The molecule has 2 atom stereocenters. The van der Waals surface area contributed by atoms with Gasteiger partial charge in [-0.15, -0.1) is 12.4 Å². The Balaban J connectivity index is 0.00000225. The van der Waals surface area contributed by atoms with E-state index in [0.717, 1.165) is 30.8 Å². The summed E-state index contributed by atoms with van der Waals surface area (Å²) in [5, 5.41) is 5.51. The van der Waals surface area contributed by atoms with E-state index < -0.39 is 29.7 Å². The lowest BCUT2D eigenvalue weighted by atomic mass is 10.0. The fourth-order valence-corrected chi connectivity index (χ4v) is 3.88. The summed E-state index contributed by atoms with van der Waals surface area (Å²) in [7, 11) is 0. The lowest BCUT2D eigenvalue weighted by molar-refractivity contribution is -0.136. The van der Waals surface area contributed by atoms with E-state index in [2.05, 4.69) is 10.6 Å². The van der Waals surface area contributed by atoms with E-state index in [1.807, 2.05) is 0 Å². The number of amides is 4. The van der Waals surface area contributed by atoms with Gasteiger partial charge in [0.15, 0.2) is 0 Å². The average molecular weight is 408 g/mol. The molecule has 3 heterocycles. The van der Waals surface area contributed by atoms with Crippen LogP contribution in [-0.2, 0) is 9.59 Å². The molecule has 2 fully saturated rings. The van der Waals surface area contributed by atoms with Crippen LogP contribution >= 0.6 is 12.4 Å². The smallest absolute Gasteiger partial charge is 0.266 e. The Hall–Kier alpha value is -2.45. The number of carbonyl (C=O) groups is 4. The number of ether oxygens (including phenoxy) is 1. The Bertz CT molecular complexity index is 822. The Morgan fingerprint density at radius 3 is 2.64 bits per heavy atom. The number of fused-ring (bicyclic) bond motifs is 1. The summed E-state index contributed by atoms with van der Waals surface area (Å²) in [6.45, 7) is 2.33. The molecule has 1 aromatic rings. The molecule has 3 aliphatic rings. The van der Waals surface area contributed by atoms with Gasteiger partial charge in [0.2, 0.25) is 11.8 Å². The van der Waals surface area contributed by atoms with Gasteiger partial charge < -0.3 is 10.1 Å². The van der Waals surface area contributed by atoms with Crippen molar-refractivity contribution in [3.63, 3.8) is 0 Å². The van der Waals surface area contributed by atoms with E-state index in [1.54, 1.807) is 18.2 Å². The third-order valence-corrected chi connectivity index (χ3v) is 5.30. The van der Waals surface area contributed by atoms with Gasteiger partial charge >= 0.3 is 0 Å². The Labute approximate surface area is 168 Å². The van der Waals surface area contributed by atoms with Crippen molar-refractivity contribution in [3.05, 3.63) is 29.3 Å². The number of nitrogens with one attached hydrogen (secondary N) is 2. The average Bonchev–Trinajstić information content (AvgIpc) is 2.93. The molecular weight excluding hydrogens is 386 g/mol. The highest BCUT2D eigenvalue weighted by molar-refractivity contribution is 6.24. The third-order valence-electron chi connectivity index (χ3n) is 5.30. The summed E-state index contributed by atoms with van der Waals surface area (Å²) in [5.74, 6) is -1.34. The van der Waals surface area contributed by atoms with E-state index in [9.17, 15) is 19.2 Å². The molecule has 28 heavy (non-hydrogen) atoms. The zero-order valence-electron chi connectivity index (χ0n) is 15.2. The van der Waals surface area contributed by atoms with E-state index in [4.69, 9.17) is 4.74 Å². The van der Waals surface area contributed by atoms with Crippen LogP contribution in [-0.4, -0.2) is 54.3 Å². The standard InChI is InChI=1S/C19H21N3O5.ClH/c23-15-7-6-13(17(24)21-15)22-18(25)12-4-1-5-14(16(12)19(22)26)27-10-11-3-2-8-20-9-11;/h1,4-5,11,13,20H,2-3,6-10H2,(H,21,23,24);1H/t11-,13?;/m0./s1. The molecule has 4 amide bonds. The van der Waals surface area contributed by atoms with Crippen molar-refractivity contribution in [1.29, 1.82) is 0 Å². The Morgan fingerprint density at radius 1 is 1.11 bits per heavy atom. The summed E-state index contributed by atoms with van der Waals surface area (Å²) in [6.07, 6.45) is 2.38. The number of benzene rings is 1. The second-order valence-electron chi connectivity index (χ2n) is 7.15. The number of imide groups is 2. The fraction of sp³-hybridized carbons (Fsp3) is 0.474. The van der Waals surface area contributed by atoms with Crippen LogP contribution < -0.4 is 15.4 Å². The highest BCUT2D eigenvalue weighted by atomic mass is 35.5. The molecule has 0 aliphatic carbocycles. The van der Waals surface area contributed by atoms with Crippen LogP contribution in [0, 0.1) is 5.92 Å². The zero-order valence-corrected chi connectivity index (χ0v) is 16.0. The molecule has 2 saturated heterocycles. The fourth-order valence-electron chi connectivity index (χ4n) is 3.88. The summed E-state index contributed by atoms with van der Waals surface area (Å²) in [4.78, 5) is 50.2. The van der Waals surface area contributed by atoms with Crippen LogP contribution in [0.3, 0.4) is 0 Å². The Morgan fingerprint density at radius 2 is 1.93 bits per heavy atom. The first-order valence-electron chi connectivity index (χ1n) is 9.24. The normalized spacial score (nSPS) is 24.5. The van der Waals surface area contributed by atoms with Crippen molar-refractivity contribution in [1.82, 2.24) is 15.5 Å². The monoisotopic (exact) mass is 407 g/mol. The molecular formula is C19H22ClN3O5. The largest absolute Gasteiger partial charge is 0.492 e. The van der Waals surface area contributed by atoms with Crippen molar-refractivity contribution in [3.8, 4) is 5.75 Å². The first-order valence-corrected chi connectivity index (χ1v) is 9.24. The van der Waals surface area contributed by atoms with Crippen molar-refractivity contribution < 1.29 is 23.9 Å². The van der Waals surface area contributed by atoms with Crippen LogP contribution in [0.25, 0.3) is 0 Å². The Kier molecular flexibility index (Phi) is 6.00. The summed E-state index contributed by atoms with van der Waals surface area (Å²) < 4.78 is 5.89. The van der Waals surface area contributed by atoms with Gasteiger partial charge in [-0.1, -0.05) is 6.07 Å². The highest BCUT2D eigenvalue weighted by Gasteiger charge is 2.46. The number of carbonyl (C=O) groups excluding carboxylic acids is 4. The first kappa shape index (κ1) is 20.3. The molecule has 2 N–H and O–H groups in total. The minimum atomic E-state index is -0.967. The van der Waals surface area contributed by atoms with Gasteiger partial charge in [0.25, 0.3) is 11.8 Å². The topological polar surface area (TPSA) is 105 Å². The van der Waals surface area contributed by atoms with Gasteiger partial charge in [-0.05, 0) is 37.9 Å². The predicted molar refractivity (Wildman–Crippen MR) is 101 cm³/mol. The summed E-state index contributed by atoms with van der Waals surface area (Å²) in [6, 6.07) is 3.95. The van der Waals surface area contributed by atoms with Crippen LogP contribution in [0.5, 0.6) is 5.75 Å². The van der Waals surface area contributed by atoms with E-state index in [-0.39, 0.29) is 36.4 Å². The van der Waals surface area contributed by atoms with Crippen LogP contribution in [0.15, 0.2) is 18.2 Å². The molecule has 0 radical (unpaired) electrons. The van der Waals surface area contributed by atoms with E-state index in [1.165, 1.54) is 0 Å². The molecule has 1 unspecified atom stereocenters. The number of rotatable bonds is 4. The van der Waals surface area contributed by atoms with Crippen molar-refractivity contribution in [2.45, 2.75) is 31.7 Å². The summed E-state index contributed by atoms with van der Waals surface area (Å²) in [5.41, 5.74) is 0.444. The number of nitrogens with zero attached hydrogens (tertiary/aromatic N) is 1. The molecule has 9 heteroatoms. The second kappa shape index (κ2) is 8.28. The van der Waals surface area contributed by atoms with Gasteiger partial charge in [0.05, 0.1) is 17.7 Å². The molecule has 4 rings (SSSR count). The molecule has 0 bridgehead atoms. The number of hydrogen-bond acceptors (Lipinski definition) is 6. The molecule has 150 valence electrons. The first-order chi connectivity index (χ1) is 13.1.